The SMILES string of the molecule is CC1(C)c2ccccc2-c2cccc(N(c3ccc(-c4ccccc4)cc3)c3ccc4c5c(cccc35)-c3cc(N(c5ccccc5)c5ccccc5)ccc3O4)c21. The smallest absolute Gasteiger partial charge is 0.136 e. The first kappa shape index (κ1) is 33.9. The fraction of sp³-hybridized carbons (Fsp3) is 0.0545. The zero-order valence-electron chi connectivity index (χ0n) is 32.4. The third kappa shape index (κ3) is 5.35. The van der Waals surface area contributed by atoms with Crippen molar-refractivity contribution < 1.29 is 4.74 Å². The van der Waals surface area contributed by atoms with Gasteiger partial charge < -0.3 is 14.5 Å². The largest absolute Gasteiger partial charge is 0.456 e. The van der Waals surface area contributed by atoms with Crippen LogP contribution in [0.5, 0.6) is 11.5 Å². The number of fused-ring (bicyclic) bond motifs is 5. The Morgan fingerprint density at radius 1 is 0.379 bits per heavy atom. The summed E-state index contributed by atoms with van der Waals surface area (Å²) in [5.41, 5.74) is 16.3. The van der Waals surface area contributed by atoms with Crippen molar-refractivity contribution in [2.45, 2.75) is 19.3 Å². The Balaban J connectivity index is 1.11. The second-order valence-electron chi connectivity index (χ2n) is 15.7. The first-order valence-electron chi connectivity index (χ1n) is 20.0. The van der Waals surface area contributed by atoms with Crippen LogP contribution in [0.3, 0.4) is 0 Å². The van der Waals surface area contributed by atoms with E-state index in [-0.39, 0.29) is 5.41 Å². The highest BCUT2D eigenvalue weighted by molar-refractivity contribution is 6.11. The molecule has 0 atom stereocenters. The van der Waals surface area contributed by atoms with Gasteiger partial charge in [0.2, 0.25) is 0 Å². The van der Waals surface area contributed by atoms with Crippen molar-refractivity contribution in [1.82, 2.24) is 0 Å². The van der Waals surface area contributed by atoms with Crippen LogP contribution in [0.15, 0.2) is 206 Å². The van der Waals surface area contributed by atoms with Gasteiger partial charge in [-0.15, -0.1) is 0 Å². The lowest BCUT2D eigenvalue weighted by Crippen LogP contribution is -2.21. The molecule has 9 aromatic rings. The molecule has 276 valence electrons. The van der Waals surface area contributed by atoms with E-state index in [4.69, 9.17) is 4.74 Å². The van der Waals surface area contributed by atoms with E-state index in [0.29, 0.717) is 0 Å². The van der Waals surface area contributed by atoms with Crippen molar-refractivity contribution in [1.29, 1.82) is 0 Å². The minimum atomic E-state index is -0.209. The molecule has 3 heteroatoms. The van der Waals surface area contributed by atoms with Gasteiger partial charge in [-0.2, -0.15) is 0 Å². The maximum absolute atomic E-state index is 6.82. The van der Waals surface area contributed by atoms with Crippen LogP contribution >= 0.6 is 0 Å². The number of para-hydroxylation sites is 2. The second-order valence-corrected chi connectivity index (χ2v) is 15.7. The standard InChI is InChI=1S/C55H40N2O/c1-55(2)48-26-13-12-22-43(48)45-24-15-27-50(54(45)55)57(41-30-28-38(29-31-41)37-16-6-3-7-17-37)49-33-35-52-53-44(23-14-25-46(49)53)47-36-42(32-34-51(47)58-52)56(39-18-8-4-9-19-39)40-20-10-5-11-21-40/h3-36H,1-2H3. The number of hydrogen-bond acceptors (Lipinski definition) is 3. The van der Waals surface area contributed by atoms with Crippen LogP contribution in [0.4, 0.5) is 34.1 Å². The number of rotatable bonds is 7. The molecule has 0 fully saturated rings. The highest BCUT2D eigenvalue weighted by atomic mass is 16.5. The number of hydrogen-bond donors (Lipinski definition) is 0. The summed E-state index contributed by atoms with van der Waals surface area (Å²) < 4.78 is 6.82. The summed E-state index contributed by atoms with van der Waals surface area (Å²) in [6.45, 7) is 4.73. The number of ether oxygens (including phenoxy) is 1. The number of nitrogens with zero attached hydrogens (tertiary/aromatic N) is 2. The summed E-state index contributed by atoms with van der Waals surface area (Å²) in [4.78, 5) is 4.78. The predicted molar refractivity (Wildman–Crippen MR) is 242 cm³/mol. The molecule has 9 aromatic carbocycles. The van der Waals surface area contributed by atoms with Crippen LogP contribution in [-0.2, 0) is 5.41 Å². The fourth-order valence-corrected chi connectivity index (χ4v) is 9.39. The molecule has 0 amide bonds. The third-order valence-electron chi connectivity index (χ3n) is 12.0. The maximum Gasteiger partial charge on any atom is 0.136 e. The van der Waals surface area contributed by atoms with E-state index in [9.17, 15) is 0 Å². The lowest BCUT2D eigenvalue weighted by atomic mass is 9.81. The first-order chi connectivity index (χ1) is 28.5. The van der Waals surface area contributed by atoms with E-state index in [1.54, 1.807) is 0 Å². The molecule has 0 bridgehead atoms. The van der Waals surface area contributed by atoms with Gasteiger partial charge in [-0.25, -0.2) is 0 Å². The van der Waals surface area contributed by atoms with Gasteiger partial charge in [0.15, 0.2) is 0 Å². The summed E-state index contributed by atoms with van der Waals surface area (Å²) in [6.07, 6.45) is 0. The van der Waals surface area contributed by atoms with E-state index in [0.717, 1.165) is 61.8 Å². The summed E-state index contributed by atoms with van der Waals surface area (Å²) in [5, 5.41) is 2.24. The van der Waals surface area contributed by atoms with Crippen molar-refractivity contribution >= 4 is 44.9 Å². The van der Waals surface area contributed by atoms with Gasteiger partial charge in [0.1, 0.15) is 11.5 Å². The average molecular weight is 745 g/mol. The summed E-state index contributed by atoms with van der Waals surface area (Å²) in [7, 11) is 0. The van der Waals surface area contributed by atoms with Crippen molar-refractivity contribution in [3.05, 3.63) is 217 Å². The Bertz CT molecular complexity index is 2950. The van der Waals surface area contributed by atoms with Crippen LogP contribution in [0, 0.1) is 0 Å². The molecule has 11 rings (SSSR count). The number of anilines is 6. The molecule has 0 aromatic heterocycles. The third-order valence-corrected chi connectivity index (χ3v) is 12.0. The maximum atomic E-state index is 6.82. The molecular formula is C55H40N2O. The molecule has 1 aliphatic heterocycles. The van der Waals surface area contributed by atoms with Crippen molar-refractivity contribution in [2.24, 2.45) is 0 Å². The van der Waals surface area contributed by atoms with Gasteiger partial charge in [0.05, 0.1) is 11.4 Å². The summed E-state index contributed by atoms with van der Waals surface area (Å²) in [6, 6.07) is 74.1. The van der Waals surface area contributed by atoms with Crippen LogP contribution in [0.25, 0.3) is 44.2 Å². The second kappa shape index (κ2) is 13.4. The number of benzene rings is 9. The van der Waals surface area contributed by atoms with Crippen LogP contribution in [0.1, 0.15) is 25.0 Å². The van der Waals surface area contributed by atoms with E-state index in [2.05, 4.69) is 230 Å². The molecule has 3 nitrogen and oxygen atoms in total. The molecule has 0 spiro atoms. The van der Waals surface area contributed by atoms with E-state index in [1.165, 1.54) is 39.1 Å². The Morgan fingerprint density at radius 2 is 0.948 bits per heavy atom. The molecule has 1 aliphatic carbocycles. The molecule has 0 saturated carbocycles. The Morgan fingerprint density at radius 3 is 1.69 bits per heavy atom. The van der Waals surface area contributed by atoms with Gasteiger partial charge in [-0.3, -0.25) is 0 Å². The Hall–Kier alpha value is -7.36. The monoisotopic (exact) mass is 744 g/mol. The minimum absolute atomic E-state index is 0.209. The van der Waals surface area contributed by atoms with Gasteiger partial charge in [-0.05, 0) is 112 Å². The first-order valence-corrected chi connectivity index (χ1v) is 20.0. The lowest BCUT2D eigenvalue weighted by molar-refractivity contribution is 0.487. The fourth-order valence-electron chi connectivity index (χ4n) is 9.39. The summed E-state index contributed by atoms with van der Waals surface area (Å²) in [5.74, 6) is 1.72. The average Bonchev–Trinajstić information content (AvgIpc) is 3.52. The Kier molecular flexibility index (Phi) is 7.84. The van der Waals surface area contributed by atoms with Crippen molar-refractivity contribution in [2.75, 3.05) is 9.80 Å². The Labute approximate surface area is 339 Å². The van der Waals surface area contributed by atoms with E-state index >= 15 is 0 Å². The zero-order valence-corrected chi connectivity index (χ0v) is 32.4. The lowest BCUT2D eigenvalue weighted by Gasteiger charge is -2.34. The molecule has 0 N–H and O–H groups in total. The zero-order chi connectivity index (χ0) is 38.8. The van der Waals surface area contributed by atoms with Crippen LogP contribution < -0.4 is 14.5 Å². The molecule has 2 aliphatic rings. The van der Waals surface area contributed by atoms with Gasteiger partial charge in [0, 0.05) is 44.5 Å². The minimum Gasteiger partial charge on any atom is -0.456 e. The van der Waals surface area contributed by atoms with Gasteiger partial charge in [0.25, 0.3) is 0 Å². The van der Waals surface area contributed by atoms with Crippen molar-refractivity contribution in [3.8, 4) is 44.9 Å². The predicted octanol–water partition coefficient (Wildman–Crippen LogP) is 15.5. The van der Waals surface area contributed by atoms with Gasteiger partial charge in [-0.1, -0.05) is 147 Å². The molecule has 0 saturated heterocycles. The normalized spacial score (nSPS) is 12.9. The molecule has 1 heterocycles. The molecule has 0 unspecified atom stereocenters. The summed E-state index contributed by atoms with van der Waals surface area (Å²) >= 11 is 0. The van der Waals surface area contributed by atoms with Crippen molar-refractivity contribution in [3.63, 3.8) is 0 Å². The molecule has 58 heavy (non-hydrogen) atoms. The van der Waals surface area contributed by atoms with Gasteiger partial charge >= 0.3 is 0 Å². The highest BCUT2D eigenvalue weighted by Crippen LogP contribution is 2.56. The molecular weight excluding hydrogens is 705 g/mol. The molecule has 0 radical (unpaired) electrons. The van der Waals surface area contributed by atoms with E-state index < -0.39 is 0 Å². The van der Waals surface area contributed by atoms with E-state index in [1.807, 2.05) is 0 Å². The van der Waals surface area contributed by atoms with Crippen LogP contribution in [-0.4, -0.2) is 0 Å². The quantitative estimate of drug-likeness (QED) is 0.162. The topological polar surface area (TPSA) is 15.7 Å². The highest BCUT2D eigenvalue weighted by Gasteiger charge is 2.39. The van der Waals surface area contributed by atoms with Crippen LogP contribution in [0.2, 0.25) is 0 Å².